The summed E-state index contributed by atoms with van der Waals surface area (Å²) in [5.74, 6) is 1.80. The summed E-state index contributed by atoms with van der Waals surface area (Å²) in [7, 11) is 1.65. The van der Waals surface area contributed by atoms with Gasteiger partial charge in [0.1, 0.15) is 11.5 Å². The second-order valence-electron chi connectivity index (χ2n) is 4.74. The number of ether oxygens (including phenoxy) is 2. The highest BCUT2D eigenvalue weighted by Crippen LogP contribution is 2.29. The monoisotopic (exact) mass is 289 g/mol. The molecule has 20 heavy (non-hydrogen) atoms. The molecule has 4 heteroatoms. The Hall–Kier alpha value is -1.87. The Morgan fingerprint density at radius 2 is 2.15 bits per heavy atom. The molecule has 0 saturated carbocycles. The van der Waals surface area contributed by atoms with E-state index in [9.17, 15) is 0 Å². The molecule has 0 amide bonds. The molecule has 0 bridgehead atoms. The van der Waals surface area contributed by atoms with Crippen molar-refractivity contribution in [2.75, 3.05) is 19.0 Å². The van der Waals surface area contributed by atoms with Gasteiger partial charge in [0.15, 0.2) is 0 Å². The molecule has 0 aromatic heterocycles. The Morgan fingerprint density at radius 1 is 1.25 bits per heavy atom. The zero-order valence-corrected chi connectivity index (χ0v) is 12.0. The van der Waals surface area contributed by atoms with Crippen molar-refractivity contribution in [2.24, 2.45) is 0 Å². The lowest BCUT2D eigenvalue weighted by molar-refractivity contribution is 0.357. The SMILES string of the molecule is COc1ccc(Cl)c(NCc2ccc3c(c2)CCO3)c1. The molecule has 1 aliphatic rings. The van der Waals surface area contributed by atoms with E-state index in [0.29, 0.717) is 5.02 Å². The summed E-state index contributed by atoms with van der Waals surface area (Å²) in [6.45, 7) is 1.51. The molecule has 0 spiro atoms. The largest absolute Gasteiger partial charge is 0.497 e. The maximum absolute atomic E-state index is 6.18. The van der Waals surface area contributed by atoms with Crippen LogP contribution in [0.5, 0.6) is 11.5 Å². The van der Waals surface area contributed by atoms with E-state index in [4.69, 9.17) is 21.1 Å². The van der Waals surface area contributed by atoms with Gasteiger partial charge in [-0.25, -0.2) is 0 Å². The maximum atomic E-state index is 6.18. The number of nitrogens with one attached hydrogen (secondary N) is 1. The Kier molecular flexibility index (Phi) is 3.70. The van der Waals surface area contributed by atoms with Gasteiger partial charge in [-0.15, -0.1) is 0 Å². The lowest BCUT2D eigenvalue weighted by Crippen LogP contribution is -2.00. The fourth-order valence-corrected chi connectivity index (χ4v) is 2.50. The van der Waals surface area contributed by atoms with Crippen LogP contribution in [0, 0.1) is 0 Å². The van der Waals surface area contributed by atoms with E-state index < -0.39 is 0 Å². The quantitative estimate of drug-likeness (QED) is 0.926. The van der Waals surface area contributed by atoms with Crippen molar-refractivity contribution in [2.45, 2.75) is 13.0 Å². The van der Waals surface area contributed by atoms with Gasteiger partial charge in [-0.05, 0) is 29.3 Å². The van der Waals surface area contributed by atoms with E-state index in [1.54, 1.807) is 7.11 Å². The number of rotatable bonds is 4. The molecular weight excluding hydrogens is 274 g/mol. The van der Waals surface area contributed by atoms with Crippen LogP contribution < -0.4 is 14.8 Å². The molecular formula is C16H16ClNO2. The molecule has 3 rings (SSSR count). The summed E-state index contributed by atoms with van der Waals surface area (Å²) in [5.41, 5.74) is 3.37. The molecule has 2 aromatic rings. The van der Waals surface area contributed by atoms with E-state index >= 15 is 0 Å². The van der Waals surface area contributed by atoms with Gasteiger partial charge in [0.25, 0.3) is 0 Å². The fourth-order valence-electron chi connectivity index (χ4n) is 2.31. The van der Waals surface area contributed by atoms with E-state index in [1.807, 2.05) is 24.3 Å². The van der Waals surface area contributed by atoms with Gasteiger partial charge < -0.3 is 14.8 Å². The standard InChI is InChI=1S/C16H16ClNO2/c1-19-13-3-4-14(17)15(9-13)18-10-11-2-5-16-12(8-11)6-7-20-16/h2-5,8-9,18H,6-7,10H2,1H3. The normalized spacial score (nSPS) is 12.7. The van der Waals surface area contributed by atoms with Crippen molar-refractivity contribution in [3.05, 3.63) is 52.5 Å². The highest BCUT2D eigenvalue weighted by Gasteiger charge is 2.12. The molecule has 2 aromatic carbocycles. The maximum Gasteiger partial charge on any atom is 0.122 e. The molecule has 0 unspecified atom stereocenters. The summed E-state index contributed by atoms with van der Waals surface area (Å²) >= 11 is 6.18. The van der Waals surface area contributed by atoms with Crippen molar-refractivity contribution in [3.63, 3.8) is 0 Å². The highest BCUT2D eigenvalue weighted by molar-refractivity contribution is 6.33. The number of halogens is 1. The van der Waals surface area contributed by atoms with Crippen LogP contribution in [0.15, 0.2) is 36.4 Å². The summed E-state index contributed by atoms with van der Waals surface area (Å²) in [5, 5.41) is 4.03. The zero-order chi connectivity index (χ0) is 13.9. The third-order valence-electron chi connectivity index (χ3n) is 3.41. The molecule has 1 N–H and O–H groups in total. The van der Waals surface area contributed by atoms with Gasteiger partial charge in [-0.3, -0.25) is 0 Å². The molecule has 0 aliphatic carbocycles. The predicted molar refractivity (Wildman–Crippen MR) is 81.0 cm³/mol. The van der Waals surface area contributed by atoms with Crippen LogP contribution >= 0.6 is 11.6 Å². The van der Waals surface area contributed by atoms with Crippen molar-refractivity contribution in [1.29, 1.82) is 0 Å². The fraction of sp³-hybridized carbons (Fsp3) is 0.250. The van der Waals surface area contributed by atoms with Gasteiger partial charge in [-0.1, -0.05) is 23.7 Å². The number of hydrogen-bond donors (Lipinski definition) is 1. The number of fused-ring (bicyclic) bond motifs is 1. The van der Waals surface area contributed by atoms with E-state index in [-0.39, 0.29) is 0 Å². The molecule has 0 radical (unpaired) electrons. The number of hydrogen-bond acceptors (Lipinski definition) is 3. The Bertz CT molecular complexity index is 628. The Balaban J connectivity index is 1.73. The first-order valence-electron chi connectivity index (χ1n) is 6.58. The van der Waals surface area contributed by atoms with Crippen LogP contribution in [-0.2, 0) is 13.0 Å². The summed E-state index contributed by atoms with van der Waals surface area (Å²) in [4.78, 5) is 0. The average molecular weight is 290 g/mol. The Labute approximate surface area is 123 Å². The van der Waals surface area contributed by atoms with Crippen LogP contribution in [0.4, 0.5) is 5.69 Å². The van der Waals surface area contributed by atoms with Gasteiger partial charge in [0, 0.05) is 19.0 Å². The highest BCUT2D eigenvalue weighted by atomic mass is 35.5. The van der Waals surface area contributed by atoms with Crippen molar-refractivity contribution < 1.29 is 9.47 Å². The first-order chi connectivity index (χ1) is 9.76. The van der Waals surface area contributed by atoms with Gasteiger partial charge >= 0.3 is 0 Å². The minimum Gasteiger partial charge on any atom is -0.497 e. The minimum atomic E-state index is 0.690. The summed E-state index contributed by atoms with van der Waals surface area (Å²) in [6, 6.07) is 11.9. The lowest BCUT2D eigenvalue weighted by Gasteiger charge is -2.11. The molecule has 0 saturated heterocycles. The van der Waals surface area contributed by atoms with Gasteiger partial charge in [0.2, 0.25) is 0 Å². The zero-order valence-electron chi connectivity index (χ0n) is 11.3. The van der Waals surface area contributed by atoms with Crippen molar-refractivity contribution in [3.8, 4) is 11.5 Å². The van der Waals surface area contributed by atoms with E-state index in [1.165, 1.54) is 11.1 Å². The molecule has 3 nitrogen and oxygen atoms in total. The van der Waals surface area contributed by atoms with Gasteiger partial charge in [0.05, 0.1) is 24.4 Å². The smallest absolute Gasteiger partial charge is 0.122 e. The van der Waals surface area contributed by atoms with Crippen LogP contribution in [0.1, 0.15) is 11.1 Å². The first kappa shape index (κ1) is 13.1. The number of benzene rings is 2. The van der Waals surface area contributed by atoms with Crippen LogP contribution in [0.25, 0.3) is 0 Å². The van der Waals surface area contributed by atoms with E-state index in [0.717, 1.165) is 36.8 Å². The second-order valence-corrected chi connectivity index (χ2v) is 5.15. The third kappa shape index (κ3) is 2.68. The molecule has 1 aliphatic heterocycles. The van der Waals surface area contributed by atoms with Crippen LogP contribution in [-0.4, -0.2) is 13.7 Å². The molecule has 104 valence electrons. The molecule has 0 fully saturated rings. The molecule has 1 heterocycles. The van der Waals surface area contributed by atoms with Gasteiger partial charge in [-0.2, -0.15) is 0 Å². The predicted octanol–water partition coefficient (Wildman–Crippen LogP) is 3.90. The lowest BCUT2D eigenvalue weighted by atomic mass is 10.1. The second kappa shape index (κ2) is 5.63. The first-order valence-corrected chi connectivity index (χ1v) is 6.96. The average Bonchev–Trinajstić information content (AvgIpc) is 2.94. The minimum absolute atomic E-state index is 0.690. The third-order valence-corrected chi connectivity index (χ3v) is 3.74. The van der Waals surface area contributed by atoms with Crippen molar-refractivity contribution in [1.82, 2.24) is 0 Å². The van der Waals surface area contributed by atoms with Crippen LogP contribution in [0.2, 0.25) is 5.02 Å². The number of anilines is 1. The number of methoxy groups -OCH3 is 1. The molecule has 0 atom stereocenters. The topological polar surface area (TPSA) is 30.5 Å². The Morgan fingerprint density at radius 3 is 3.00 bits per heavy atom. The van der Waals surface area contributed by atoms with Crippen molar-refractivity contribution >= 4 is 17.3 Å². The van der Waals surface area contributed by atoms with Crippen LogP contribution in [0.3, 0.4) is 0 Å². The summed E-state index contributed by atoms with van der Waals surface area (Å²) in [6.07, 6.45) is 0.989. The van der Waals surface area contributed by atoms with E-state index in [2.05, 4.69) is 17.4 Å². The summed E-state index contributed by atoms with van der Waals surface area (Å²) < 4.78 is 10.7.